The topological polar surface area (TPSA) is 58.6 Å². The van der Waals surface area contributed by atoms with E-state index in [1.807, 2.05) is 0 Å². The van der Waals surface area contributed by atoms with Crippen molar-refractivity contribution in [2.24, 2.45) is 0 Å². The zero-order chi connectivity index (χ0) is 13.3. The van der Waals surface area contributed by atoms with Gasteiger partial charge in [-0.1, -0.05) is 46.6 Å². The van der Waals surface area contributed by atoms with Crippen LogP contribution in [0.1, 0.15) is 0 Å². The Labute approximate surface area is 122 Å². The van der Waals surface area contributed by atoms with Gasteiger partial charge in [0.2, 0.25) is 0 Å². The SMILES string of the molecule is CSc1nnc(-c2cc(Cl)cc(Cl)c2Cl)c(=O)[nH]1. The molecule has 2 rings (SSSR count). The molecule has 0 aliphatic carbocycles. The molecule has 0 fully saturated rings. The fourth-order valence-electron chi connectivity index (χ4n) is 1.32. The van der Waals surface area contributed by atoms with E-state index in [1.165, 1.54) is 23.9 Å². The molecule has 0 aliphatic rings. The lowest BCUT2D eigenvalue weighted by Gasteiger charge is -2.05. The lowest BCUT2D eigenvalue weighted by molar-refractivity contribution is 0.826. The van der Waals surface area contributed by atoms with Crippen molar-refractivity contribution in [3.05, 3.63) is 37.6 Å². The Morgan fingerprint density at radius 2 is 1.94 bits per heavy atom. The number of H-pyrrole nitrogens is 1. The van der Waals surface area contributed by atoms with Crippen molar-refractivity contribution >= 4 is 46.6 Å². The van der Waals surface area contributed by atoms with Gasteiger partial charge in [-0.3, -0.25) is 9.78 Å². The molecule has 0 radical (unpaired) electrons. The first kappa shape index (κ1) is 13.7. The third kappa shape index (κ3) is 2.64. The van der Waals surface area contributed by atoms with Crippen LogP contribution in [-0.4, -0.2) is 21.4 Å². The second-order valence-corrected chi connectivity index (χ2v) is 5.28. The molecule has 2 aromatic rings. The van der Waals surface area contributed by atoms with Crippen molar-refractivity contribution in [2.75, 3.05) is 6.26 Å². The van der Waals surface area contributed by atoms with Crippen molar-refractivity contribution in [2.45, 2.75) is 5.16 Å². The van der Waals surface area contributed by atoms with Crippen LogP contribution in [0.2, 0.25) is 15.1 Å². The van der Waals surface area contributed by atoms with Gasteiger partial charge >= 0.3 is 0 Å². The number of aromatic amines is 1. The fraction of sp³-hybridized carbons (Fsp3) is 0.100. The highest BCUT2D eigenvalue weighted by Gasteiger charge is 2.14. The van der Waals surface area contributed by atoms with Gasteiger partial charge in [-0.2, -0.15) is 0 Å². The highest BCUT2D eigenvalue weighted by atomic mass is 35.5. The van der Waals surface area contributed by atoms with Gasteiger partial charge in [-0.25, -0.2) is 0 Å². The van der Waals surface area contributed by atoms with Gasteiger partial charge in [-0.05, 0) is 18.4 Å². The van der Waals surface area contributed by atoms with Crippen LogP contribution in [0.4, 0.5) is 0 Å². The van der Waals surface area contributed by atoms with Gasteiger partial charge in [-0.15, -0.1) is 10.2 Å². The van der Waals surface area contributed by atoms with Crippen LogP contribution < -0.4 is 5.56 Å². The number of halogens is 3. The van der Waals surface area contributed by atoms with Crippen molar-refractivity contribution in [3.63, 3.8) is 0 Å². The van der Waals surface area contributed by atoms with E-state index in [1.54, 1.807) is 6.26 Å². The number of nitrogens with one attached hydrogen (secondary N) is 1. The van der Waals surface area contributed by atoms with Crippen LogP contribution in [0.15, 0.2) is 22.1 Å². The average molecular weight is 323 g/mol. The molecule has 0 saturated carbocycles. The molecule has 1 aromatic carbocycles. The number of hydrogen-bond acceptors (Lipinski definition) is 4. The Morgan fingerprint density at radius 3 is 2.56 bits per heavy atom. The largest absolute Gasteiger partial charge is 0.298 e. The smallest absolute Gasteiger partial charge is 0.278 e. The van der Waals surface area contributed by atoms with E-state index in [9.17, 15) is 4.79 Å². The second-order valence-electron chi connectivity index (χ2n) is 3.26. The zero-order valence-corrected chi connectivity index (χ0v) is 12.1. The Bertz CT molecular complexity index is 659. The molecule has 0 bridgehead atoms. The molecular weight excluding hydrogens is 317 g/mol. The summed E-state index contributed by atoms with van der Waals surface area (Å²) < 4.78 is 0. The van der Waals surface area contributed by atoms with E-state index >= 15 is 0 Å². The highest BCUT2D eigenvalue weighted by molar-refractivity contribution is 7.98. The molecule has 0 aliphatic heterocycles. The van der Waals surface area contributed by atoms with Crippen LogP contribution in [0, 0.1) is 0 Å². The molecule has 0 saturated heterocycles. The fourth-order valence-corrected chi connectivity index (χ4v) is 2.33. The molecule has 4 nitrogen and oxygen atoms in total. The average Bonchev–Trinajstić information content (AvgIpc) is 2.34. The number of benzene rings is 1. The Kier molecular flexibility index (Phi) is 4.17. The summed E-state index contributed by atoms with van der Waals surface area (Å²) in [5, 5.41) is 8.97. The maximum absolute atomic E-state index is 11.9. The van der Waals surface area contributed by atoms with Crippen LogP contribution in [0.25, 0.3) is 11.3 Å². The number of aromatic nitrogens is 3. The van der Waals surface area contributed by atoms with Gasteiger partial charge < -0.3 is 0 Å². The van der Waals surface area contributed by atoms with Crippen molar-refractivity contribution in [3.8, 4) is 11.3 Å². The first-order valence-corrected chi connectivity index (χ1v) is 7.04. The Hall–Kier alpha value is -0.750. The zero-order valence-electron chi connectivity index (χ0n) is 9.00. The molecule has 0 spiro atoms. The molecule has 8 heteroatoms. The van der Waals surface area contributed by atoms with Crippen LogP contribution in [-0.2, 0) is 0 Å². The van der Waals surface area contributed by atoms with Gasteiger partial charge in [0, 0.05) is 10.6 Å². The lowest BCUT2D eigenvalue weighted by Crippen LogP contribution is -2.14. The maximum atomic E-state index is 11.9. The quantitative estimate of drug-likeness (QED) is 0.679. The second kappa shape index (κ2) is 5.48. The first-order chi connectivity index (χ1) is 8.52. The Morgan fingerprint density at radius 1 is 1.22 bits per heavy atom. The number of thioether (sulfide) groups is 1. The number of nitrogens with zero attached hydrogens (tertiary/aromatic N) is 2. The first-order valence-electron chi connectivity index (χ1n) is 4.69. The van der Waals surface area contributed by atoms with E-state index < -0.39 is 5.56 Å². The molecule has 1 heterocycles. The summed E-state index contributed by atoms with van der Waals surface area (Å²) in [7, 11) is 0. The van der Waals surface area contributed by atoms with Crippen molar-refractivity contribution in [1.29, 1.82) is 0 Å². The van der Waals surface area contributed by atoms with Crippen LogP contribution in [0.5, 0.6) is 0 Å². The molecule has 1 aromatic heterocycles. The van der Waals surface area contributed by atoms with E-state index in [0.717, 1.165) is 0 Å². The third-order valence-corrected chi connectivity index (χ3v) is 3.71. The molecular formula is C10H6Cl3N3OS. The maximum Gasteiger partial charge on any atom is 0.278 e. The van der Waals surface area contributed by atoms with E-state index in [4.69, 9.17) is 34.8 Å². The minimum absolute atomic E-state index is 0.0854. The van der Waals surface area contributed by atoms with Gasteiger partial charge in [0.05, 0.1) is 10.0 Å². The van der Waals surface area contributed by atoms with Crippen molar-refractivity contribution in [1.82, 2.24) is 15.2 Å². The van der Waals surface area contributed by atoms with E-state index in [-0.39, 0.29) is 15.7 Å². The van der Waals surface area contributed by atoms with Crippen molar-refractivity contribution < 1.29 is 0 Å². The minimum atomic E-state index is -0.394. The monoisotopic (exact) mass is 321 g/mol. The molecule has 18 heavy (non-hydrogen) atoms. The predicted molar refractivity (Wildman–Crippen MR) is 74.9 cm³/mol. The van der Waals surface area contributed by atoms with E-state index in [2.05, 4.69) is 15.2 Å². The summed E-state index contributed by atoms with van der Waals surface area (Å²) in [6, 6.07) is 3.01. The summed E-state index contributed by atoms with van der Waals surface area (Å²) in [5.74, 6) is 0. The summed E-state index contributed by atoms with van der Waals surface area (Å²) in [6.45, 7) is 0. The molecule has 1 N–H and O–H groups in total. The summed E-state index contributed by atoms with van der Waals surface area (Å²) in [6.07, 6.45) is 1.78. The lowest BCUT2D eigenvalue weighted by atomic mass is 10.1. The molecule has 0 amide bonds. The van der Waals surface area contributed by atoms with Crippen LogP contribution >= 0.6 is 46.6 Å². The summed E-state index contributed by atoms with van der Waals surface area (Å²) in [4.78, 5) is 14.4. The van der Waals surface area contributed by atoms with Gasteiger partial charge in [0.15, 0.2) is 10.9 Å². The molecule has 94 valence electrons. The van der Waals surface area contributed by atoms with Gasteiger partial charge in [0.1, 0.15) is 0 Å². The standard InChI is InChI=1S/C10H6Cl3N3OS/c1-18-10-14-9(17)8(15-16-10)5-2-4(11)3-6(12)7(5)13/h2-3H,1H3,(H,14,16,17). The van der Waals surface area contributed by atoms with Crippen LogP contribution in [0.3, 0.4) is 0 Å². The van der Waals surface area contributed by atoms with Gasteiger partial charge in [0.25, 0.3) is 5.56 Å². The Balaban J connectivity index is 2.66. The minimum Gasteiger partial charge on any atom is -0.298 e. The van der Waals surface area contributed by atoms with E-state index in [0.29, 0.717) is 15.7 Å². The predicted octanol–water partition coefficient (Wildman–Crippen LogP) is 3.51. The third-order valence-electron chi connectivity index (χ3n) is 2.12. The molecule has 0 atom stereocenters. The number of rotatable bonds is 2. The molecule has 0 unspecified atom stereocenters. The normalized spacial score (nSPS) is 10.7. The number of hydrogen-bond donors (Lipinski definition) is 1. The summed E-state index contributed by atoms with van der Waals surface area (Å²) >= 11 is 19.1. The highest BCUT2D eigenvalue weighted by Crippen LogP contribution is 2.34. The summed E-state index contributed by atoms with van der Waals surface area (Å²) in [5.41, 5.74) is 0.0485.